The Labute approximate surface area is 181 Å². The van der Waals surface area contributed by atoms with E-state index >= 15 is 0 Å². The van der Waals surface area contributed by atoms with E-state index in [2.05, 4.69) is 4.74 Å². The van der Waals surface area contributed by atoms with Crippen LogP contribution in [0.4, 0.5) is 10.1 Å². The van der Waals surface area contributed by atoms with Gasteiger partial charge in [0.15, 0.2) is 0 Å². The first-order chi connectivity index (χ1) is 14.5. The molecule has 0 aromatic heterocycles. The van der Waals surface area contributed by atoms with Crippen LogP contribution >= 0.6 is 0 Å². The number of nitrogens with zero attached hydrogens (tertiary/aromatic N) is 1. The van der Waals surface area contributed by atoms with E-state index in [9.17, 15) is 26.0 Å². The van der Waals surface area contributed by atoms with E-state index in [1.54, 1.807) is 18.2 Å². The summed E-state index contributed by atoms with van der Waals surface area (Å²) < 4.78 is 70.9. The van der Waals surface area contributed by atoms with E-state index in [1.807, 2.05) is 13.0 Å². The van der Waals surface area contributed by atoms with E-state index in [1.165, 1.54) is 19.2 Å². The van der Waals surface area contributed by atoms with Gasteiger partial charge in [-0.05, 0) is 49.6 Å². The third-order valence-corrected chi connectivity index (χ3v) is 9.29. The van der Waals surface area contributed by atoms with Gasteiger partial charge < -0.3 is 4.74 Å². The Balaban J connectivity index is 1.99. The molecule has 2 aromatic rings. The summed E-state index contributed by atoms with van der Waals surface area (Å²) in [6, 6.07) is 10.5. The van der Waals surface area contributed by atoms with Crippen molar-refractivity contribution in [3.8, 4) is 0 Å². The average Bonchev–Trinajstić information content (AvgIpc) is 2.71. The molecule has 0 bridgehead atoms. The number of aryl methyl sites for hydroxylation is 1. The van der Waals surface area contributed by atoms with Crippen molar-refractivity contribution in [1.82, 2.24) is 0 Å². The van der Waals surface area contributed by atoms with Crippen molar-refractivity contribution in [3.05, 3.63) is 65.0 Å². The van der Waals surface area contributed by atoms with Crippen molar-refractivity contribution in [2.45, 2.75) is 31.6 Å². The number of sulfone groups is 1. The average molecular weight is 470 g/mol. The molecule has 10 heteroatoms. The molecule has 1 saturated heterocycles. The first-order valence-electron chi connectivity index (χ1n) is 9.69. The zero-order valence-electron chi connectivity index (χ0n) is 17.2. The zero-order valence-corrected chi connectivity index (χ0v) is 18.9. The zero-order chi connectivity index (χ0) is 22.8. The van der Waals surface area contributed by atoms with Gasteiger partial charge >= 0.3 is 5.97 Å². The molecule has 31 heavy (non-hydrogen) atoms. The second kappa shape index (κ2) is 8.96. The predicted molar refractivity (Wildman–Crippen MR) is 116 cm³/mol. The third kappa shape index (κ3) is 5.24. The standard InChI is InChI=1S/C21H24FNO6S2/c1-15-4-3-5-18(12-15)23(31(27,28)19-8-10-30(25,26)11-9-19)14-17-7-6-16(13-20(17)22)21(24)29-2/h3-7,12-13,19H,8-11,14H2,1-2H3. The van der Waals surface area contributed by atoms with E-state index in [-0.39, 0.29) is 42.0 Å². The summed E-state index contributed by atoms with van der Waals surface area (Å²) in [4.78, 5) is 11.6. The lowest BCUT2D eigenvalue weighted by Gasteiger charge is -2.31. The molecule has 1 aliphatic rings. The van der Waals surface area contributed by atoms with Crippen LogP contribution < -0.4 is 4.31 Å². The van der Waals surface area contributed by atoms with Crippen molar-refractivity contribution >= 4 is 31.5 Å². The largest absolute Gasteiger partial charge is 0.465 e. The van der Waals surface area contributed by atoms with Gasteiger partial charge in [0.25, 0.3) is 0 Å². The SMILES string of the molecule is COC(=O)c1ccc(CN(c2cccc(C)c2)S(=O)(=O)C2CCS(=O)(=O)CC2)c(F)c1. The highest BCUT2D eigenvalue weighted by molar-refractivity contribution is 7.94. The van der Waals surface area contributed by atoms with Gasteiger partial charge in [0.05, 0.1) is 41.7 Å². The molecule has 0 unspecified atom stereocenters. The van der Waals surface area contributed by atoms with E-state index in [0.717, 1.165) is 15.9 Å². The molecule has 1 fully saturated rings. The summed E-state index contributed by atoms with van der Waals surface area (Å²) in [6.07, 6.45) is -0.00646. The Morgan fingerprint density at radius 3 is 2.42 bits per heavy atom. The van der Waals surface area contributed by atoms with Crippen LogP contribution in [-0.2, 0) is 31.1 Å². The summed E-state index contributed by atoms with van der Waals surface area (Å²) in [5.41, 5.74) is 1.29. The molecule has 168 valence electrons. The fraction of sp³-hybridized carbons (Fsp3) is 0.381. The van der Waals surface area contributed by atoms with Crippen LogP contribution in [0.5, 0.6) is 0 Å². The number of hydrogen-bond donors (Lipinski definition) is 0. The number of sulfonamides is 1. The van der Waals surface area contributed by atoms with Gasteiger partial charge in [0, 0.05) is 5.56 Å². The number of benzene rings is 2. The van der Waals surface area contributed by atoms with Gasteiger partial charge in [-0.1, -0.05) is 18.2 Å². The van der Waals surface area contributed by atoms with E-state index < -0.39 is 36.9 Å². The molecule has 0 atom stereocenters. The monoisotopic (exact) mass is 469 g/mol. The lowest BCUT2D eigenvalue weighted by molar-refractivity contribution is 0.0600. The molecule has 0 aliphatic carbocycles. The molecule has 1 heterocycles. The fourth-order valence-corrected chi connectivity index (χ4v) is 7.24. The maximum Gasteiger partial charge on any atom is 0.337 e. The maximum absolute atomic E-state index is 14.7. The molecule has 0 saturated carbocycles. The number of anilines is 1. The second-order valence-electron chi connectivity index (χ2n) is 7.54. The summed E-state index contributed by atoms with van der Waals surface area (Å²) in [5.74, 6) is -1.82. The number of methoxy groups -OCH3 is 1. The minimum absolute atomic E-state index is 0.00323. The highest BCUT2D eigenvalue weighted by atomic mass is 32.2. The summed E-state index contributed by atoms with van der Waals surface area (Å²) >= 11 is 0. The van der Waals surface area contributed by atoms with Crippen LogP contribution in [0, 0.1) is 12.7 Å². The van der Waals surface area contributed by atoms with E-state index in [0.29, 0.717) is 5.69 Å². The molecule has 3 rings (SSSR count). The van der Waals surface area contributed by atoms with Crippen molar-refractivity contribution in [2.75, 3.05) is 22.9 Å². The smallest absolute Gasteiger partial charge is 0.337 e. The van der Waals surface area contributed by atoms with Crippen LogP contribution in [0.2, 0.25) is 0 Å². The van der Waals surface area contributed by atoms with Crippen molar-refractivity contribution in [1.29, 1.82) is 0 Å². The number of hydrogen-bond acceptors (Lipinski definition) is 6. The number of ether oxygens (including phenoxy) is 1. The third-order valence-electron chi connectivity index (χ3n) is 5.31. The predicted octanol–water partition coefficient (Wildman–Crippen LogP) is 2.83. The van der Waals surface area contributed by atoms with Gasteiger partial charge in [-0.25, -0.2) is 26.0 Å². The Kier molecular flexibility index (Phi) is 6.70. The van der Waals surface area contributed by atoms with Crippen molar-refractivity contribution in [2.24, 2.45) is 0 Å². The molecule has 2 aromatic carbocycles. The molecule has 0 amide bonds. The molecule has 1 aliphatic heterocycles. The normalized spacial score (nSPS) is 16.6. The van der Waals surface area contributed by atoms with Crippen molar-refractivity contribution in [3.63, 3.8) is 0 Å². The molecule has 0 N–H and O–H groups in total. The number of halogens is 1. The molecular formula is C21H24FNO6S2. The van der Waals surface area contributed by atoms with E-state index in [4.69, 9.17) is 0 Å². The van der Waals surface area contributed by atoms with Gasteiger partial charge in [-0.3, -0.25) is 4.31 Å². The lowest BCUT2D eigenvalue weighted by Crippen LogP contribution is -2.42. The molecule has 7 nitrogen and oxygen atoms in total. The van der Waals surface area contributed by atoms with Gasteiger partial charge in [-0.15, -0.1) is 0 Å². The van der Waals surface area contributed by atoms with Crippen LogP contribution in [0.25, 0.3) is 0 Å². The number of esters is 1. The highest BCUT2D eigenvalue weighted by Gasteiger charge is 2.37. The fourth-order valence-electron chi connectivity index (χ4n) is 3.53. The van der Waals surface area contributed by atoms with Gasteiger partial charge in [0.1, 0.15) is 15.7 Å². The van der Waals surface area contributed by atoms with Crippen LogP contribution in [0.15, 0.2) is 42.5 Å². The van der Waals surface area contributed by atoms with Gasteiger partial charge in [0.2, 0.25) is 10.0 Å². The minimum atomic E-state index is -3.98. The van der Waals surface area contributed by atoms with Gasteiger partial charge in [-0.2, -0.15) is 0 Å². The van der Waals surface area contributed by atoms with Crippen LogP contribution in [0.1, 0.15) is 34.3 Å². The first kappa shape index (κ1) is 23.2. The molecular weight excluding hydrogens is 445 g/mol. The Hall–Kier alpha value is -2.46. The first-order valence-corrected chi connectivity index (χ1v) is 13.0. The summed E-state index contributed by atoms with van der Waals surface area (Å²) in [6.45, 7) is 1.52. The van der Waals surface area contributed by atoms with Crippen molar-refractivity contribution < 1.29 is 30.8 Å². The topological polar surface area (TPSA) is 97.8 Å². The molecule has 0 spiro atoms. The Morgan fingerprint density at radius 1 is 1.16 bits per heavy atom. The number of carbonyl (C=O) groups is 1. The second-order valence-corrected chi connectivity index (χ2v) is 12.0. The Bertz CT molecular complexity index is 1180. The minimum Gasteiger partial charge on any atom is -0.465 e. The number of carbonyl (C=O) groups excluding carboxylic acids is 1. The van der Waals surface area contributed by atoms with Crippen LogP contribution in [0.3, 0.4) is 0 Å². The highest BCUT2D eigenvalue weighted by Crippen LogP contribution is 2.30. The summed E-state index contributed by atoms with van der Waals surface area (Å²) in [7, 11) is -6.04. The van der Waals surface area contributed by atoms with Crippen LogP contribution in [-0.4, -0.2) is 46.7 Å². The maximum atomic E-state index is 14.7. The lowest BCUT2D eigenvalue weighted by atomic mass is 10.1. The summed E-state index contributed by atoms with van der Waals surface area (Å²) in [5, 5.41) is -0.881. The molecule has 0 radical (unpaired) electrons. The number of rotatable bonds is 6. The Morgan fingerprint density at radius 2 is 1.84 bits per heavy atom. The quantitative estimate of drug-likeness (QED) is 0.604.